The Bertz CT molecular complexity index is 608. The fraction of sp³-hybridized carbons (Fsp3) is 0.792. The number of aliphatic carboxylic acids is 3. The summed E-state index contributed by atoms with van der Waals surface area (Å²) in [5.74, 6) is -2.10. The standard InChI is InChI=1S/3C6H11NO2.C6H12O3/c3*1-5-4-7(5)3-2-6(8)9;1-2-6(3-7,4-8)5-9/h3*5H,2-4H2,1H3,(H,8,9);2,7-9H,1,3-5H2. The van der Waals surface area contributed by atoms with Crippen LogP contribution in [0.5, 0.6) is 0 Å². The molecule has 12 heteroatoms. The van der Waals surface area contributed by atoms with Gasteiger partial charge in [0.1, 0.15) is 0 Å². The summed E-state index contributed by atoms with van der Waals surface area (Å²) < 4.78 is 0. The Morgan fingerprint density at radius 3 is 1.00 bits per heavy atom. The smallest absolute Gasteiger partial charge is 0.304 e. The molecule has 36 heavy (non-hydrogen) atoms. The number of carbonyl (C=O) groups is 3. The highest BCUT2D eigenvalue weighted by Gasteiger charge is 2.29. The molecule has 3 heterocycles. The summed E-state index contributed by atoms with van der Waals surface area (Å²) in [6.45, 7) is 14.2. The van der Waals surface area contributed by atoms with E-state index in [1.807, 2.05) is 0 Å². The molecule has 0 aliphatic carbocycles. The molecule has 0 radical (unpaired) electrons. The molecule has 6 N–H and O–H groups in total. The van der Waals surface area contributed by atoms with E-state index in [2.05, 4.69) is 42.0 Å². The second-order valence-corrected chi connectivity index (χ2v) is 9.50. The van der Waals surface area contributed by atoms with Crippen molar-refractivity contribution in [3.63, 3.8) is 0 Å². The van der Waals surface area contributed by atoms with Gasteiger partial charge in [-0.15, -0.1) is 6.58 Å². The van der Waals surface area contributed by atoms with Crippen molar-refractivity contribution < 1.29 is 45.0 Å². The quantitative estimate of drug-likeness (QED) is 0.137. The van der Waals surface area contributed by atoms with Gasteiger partial charge < -0.3 is 30.6 Å². The van der Waals surface area contributed by atoms with Crippen LogP contribution < -0.4 is 0 Å². The Hall–Kier alpha value is -2.09. The maximum Gasteiger partial charge on any atom is 0.304 e. The minimum absolute atomic E-state index is 0.274. The molecular formula is C24H45N3O9. The van der Waals surface area contributed by atoms with Crippen molar-refractivity contribution in [1.29, 1.82) is 0 Å². The van der Waals surface area contributed by atoms with Gasteiger partial charge in [0.25, 0.3) is 0 Å². The predicted molar refractivity (Wildman–Crippen MR) is 134 cm³/mol. The third-order valence-electron chi connectivity index (χ3n) is 6.18. The molecule has 6 atom stereocenters. The number of aliphatic hydroxyl groups is 3. The lowest BCUT2D eigenvalue weighted by molar-refractivity contribution is -0.138. The van der Waals surface area contributed by atoms with Crippen molar-refractivity contribution in [2.75, 3.05) is 59.1 Å². The average molecular weight is 520 g/mol. The summed E-state index contributed by atoms with van der Waals surface area (Å²) in [7, 11) is 0. The molecule has 0 amide bonds. The molecule has 3 rings (SSSR count). The Kier molecular flexibility index (Phi) is 16.4. The van der Waals surface area contributed by atoms with Crippen molar-refractivity contribution in [1.82, 2.24) is 14.7 Å². The van der Waals surface area contributed by atoms with E-state index in [0.29, 0.717) is 18.1 Å². The largest absolute Gasteiger partial charge is 0.481 e. The molecule has 0 spiro atoms. The van der Waals surface area contributed by atoms with Gasteiger partial charge in [-0.25, -0.2) is 0 Å². The van der Waals surface area contributed by atoms with Gasteiger partial charge in [0.05, 0.1) is 44.5 Å². The van der Waals surface area contributed by atoms with Crippen molar-refractivity contribution in [2.45, 2.75) is 58.2 Å². The molecular weight excluding hydrogens is 474 g/mol. The molecule has 210 valence electrons. The first-order valence-electron chi connectivity index (χ1n) is 12.2. The van der Waals surface area contributed by atoms with E-state index in [9.17, 15) is 14.4 Å². The first-order chi connectivity index (χ1) is 16.8. The Morgan fingerprint density at radius 2 is 0.917 bits per heavy atom. The van der Waals surface area contributed by atoms with Crippen LogP contribution in [0.1, 0.15) is 40.0 Å². The fourth-order valence-corrected chi connectivity index (χ4v) is 2.87. The Balaban J connectivity index is 0.000000454. The van der Waals surface area contributed by atoms with Crippen LogP contribution in [-0.2, 0) is 14.4 Å². The summed E-state index contributed by atoms with van der Waals surface area (Å²) in [6, 6.07) is 1.89. The zero-order chi connectivity index (χ0) is 27.9. The average Bonchev–Trinajstić information content (AvgIpc) is 3.77. The van der Waals surface area contributed by atoms with Crippen LogP contribution in [0.25, 0.3) is 0 Å². The molecule has 0 aromatic rings. The summed E-state index contributed by atoms with van der Waals surface area (Å²) in [4.78, 5) is 36.4. The monoisotopic (exact) mass is 519 g/mol. The van der Waals surface area contributed by atoms with E-state index < -0.39 is 23.3 Å². The molecule has 0 aromatic heterocycles. The summed E-state index contributed by atoms with van der Waals surface area (Å²) in [6.07, 6.45) is 2.20. The SMILES string of the molecule is C=CC(CO)(CO)CO.CC1CN1CCC(=O)O.CC1CN1CCC(=O)O.CC1CN1CCC(=O)O. The molecule has 3 aliphatic rings. The number of hydrogen-bond acceptors (Lipinski definition) is 9. The van der Waals surface area contributed by atoms with Crippen LogP contribution in [0, 0.1) is 5.41 Å². The molecule has 6 unspecified atom stereocenters. The first-order valence-corrected chi connectivity index (χ1v) is 12.2. The van der Waals surface area contributed by atoms with Crippen molar-refractivity contribution in [3.8, 4) is 0 Å². The van der Waals surface area contributed by atoms with Crippen LogP contribution in [0.2, 0.25) is 0 Å². The molecule has 0 saturated carbocycles. The van der Waals surface area contributed by atoms with Gasteiger partial charge >= 0.3 is 17.9 Å². The number of nitrogens with zero attached hydrogens (tertiary/aromatic N) is 3. The molecule has 0 bridgehead atoms. The predicted octanol–water partition coefficient (Wildman–Crippen LogP) is -0.369. The molecule has 12 nitrogen and oxygen atoms in total. The maximum absolute atomic E-state index is 10.0. The van der Waals surface area contributed by atoms with Crippen molar-refractivity contribution in [2.24, 2.45) is 5.41 Å². The molecule has 0 aromatic carbocycles. The number of aliphatic hydroxyl groups excluding tert-OH is 3. The Morgan fingerprint density at radius 1 is 0.694 bits per heavy atom. The van der Waals surface area contributed by atoms with Gasteiger partial charge in [-0.05, 0) is 20.8 Å². The van der Waals surface area contributed by atoms with Gasteiger partial charge in [-0.2, -0.15) is 0 Å². The molecule has 3 fully saturated rings. The van der Waals surface area contributed by atoms with Crippen LogP contribution in [0.4, 0.5) is 0 Å². The van der Waals surface area contributed by atoms with Gasteiger partial charge in [-0.1, -0.05) is 6.08 Å². The van der Waals surface area contributed by atoms with E-state index in [1.165, 1.54) is 6.08 Å². The zero-order valence-corrected chi connectivity index (χ0v) is 21.8. The van der Waals surface area contributed by atoms with E-state index >= 15 is 0 Å². The van der Waals surface area contributed by atoms with Crippen LogP contribution in [0.3, 0.4) is 0 Å². The number of rotatable bonds is 13. The highest BCUT2D eigenvalue weighted by atomic mass is 16.4. The van der Waals surface area contributed by atoms with Gasteiger partial charge in [-0.3, -0.25) is 29.1 Å². The highest BCUT2D eigenvalue weighted by molar-refractivity contribution is 5.67. The van der Waals surface area contributed by atoms with Crippen molar-refractivity contribution >= 4 is 17.9 Å². The van der Waals surface area contributed by atoms with Crippen LogP contribution >= 0.6 is 0 Å². The van der Waals surface area contributed by atoms with Crippen LogP contribution in [-0.4, -0.2) is 140 Å². The van der Waals surface area contributed by atoms with E-state index in [-0.39, 0.29) is 39.1 Å². The third kappa shape index (κ3) is 16.6. The minimum Gasteiger partial charge on any atom is -0.481 e. The molecule has 3 saturated heterocycles. The topological polar surface area (TPSA) is 182 Å². The normalized spacial score (nSPS) is 26.9. The summed E-state index contributed by atoms with van der Waals surface area (Å²) >= 11 is 0. The molecule has 3 aliphatic heterocycles. The number of carboxylic acids is 3. The highest BCUT2D eigenvalue weighted by Crippen LogP contribution is 2.16. The zero-order valence-electron chi connectivity index (χ0n) is 21.8. The van der Waals surface area contributed by atoms with Crippen LogP contribution in [0.15, 0.2) is 12.7 Å². The maximum atomic E-state index is 10.0. The fourth-order valence-electron chi connectivity index (χ4n) is 2.87. The lowest BCUT2D eigenvalue weighted by Crippen LogP contribution is -2.31. The minimum atomic E-state index is -0.903. The summed E-state index contributed by atoms with van der Waals surface area (Å²) in [5.41, 5.74) is -0.903. The first kappa shape index (κ1) is 33.9. The second kappa shape index (κ2) is 17.4. The number of hydrogen-bond donors (Lipinski definition) is 6. The van der Waals surface area contributed by atoms with Gasteiger partial charge in [0, 0.05) is 57.4 Å². The van der Waals surface area contributed by atoms with Gasteiger partial charge in [0.2, 0.25) is 0 Å². The van der Waals surface area contributed by atoms with E-state index in [4.69, 9.17) is 30.6 Å². The van der Waals surface area contributed by atoms with Gasteiger partial charge in [0.15, 0.2) is 0 Å². The van der Waals surface area contributed by atoms with Crippen molar-refractivity contribution in [3.05, 3.63) is 12.7 Å². The Labute approximate surface area is 213 Å². The summed E-state index contributed by atoms with van der Waals surface area (Å²) in [5, 5.41) is 50.5. The lowest BCUT2D eigenvalue weighted by Gasteiger charge is -2.21. The number of carboxylic acid groups (broad SMARTS) is 3. The second-order valence-electron chi connectivity index (χ2n) is 9.50. The van der Waals surface area contributed by atoms with E-state index in [1.54, 1.807) is 0 Å². The lowest BCUT2D eigenvalue weighted by atomic mass is 9.92. The van der Waals surface area contributed by atoms with E-state index in [0.717, 1.165) is 39.3 Å². The third-order valence-corrected chi connectivity index (χ3v) is 6.18.